The first-order valence-electron chi connectivity index (χ1n) is 11.5. The number of hydrogen-bond donors (Lipinski definition) is 1. The Morgan fingerprint density at radius 2 is 1.53 bits per heavy atom. The highest BCUT2D eigenvalue weighted by molar-refractivity contribution is 5.69. The van der Waals surface area contributed by atoms with E-state index >= 15 is 0 Å². The highest BCUT2D eigenvalue weighted by Crippen LogP contribution is 2.36. The number of anilines is 1. The van der Waals surface area contributed by atoms with Crippen LogP contribution in [0.25, 0.3) is 22.4 Å². The summed E-state index contributed by atoms with van der Waals surface area (Å²) in [6.07, 6.45) is 0.960. The zero-order valence-electron chi connectivity index (χ0n) is 19.6. The number of fused-ring (bicyclic) bond motifs is 1. The molecule has 0 spiro atoms. The quantitative estimate of drug-likeness (QED) is 0.415. The molecule has 0 atom stereocenters. The number of benzene rings is 3. The van der Waals surface area contributed by atoms with Crippen LogP contribution in [0.3, 0.4) is 0 Å². The predicted octanol–water partition coefficient (Wildman–Crippen LogP) is 5.57. The Kier molecular flexibility index (Phi) is 6.19. The van der Waals surface area contributed by atoms with Gasteiger partial charge in [0.15, 0.2) is 11.5 Å². The van der Waals surface area contributed by atoms with Gasteiger partial charge in [0.05, 0.1) is 19.9 Å². The van der Waals surface area contributed by atoms with E-state index in [4.69, 9.17) is 15.2 Å². The van der Waals surface area contributed by atoms with Gasteiger partial charge in [-0.1, -0.05) is 60.7 Å². The topological polar surface area (TPSA) is 60.6 Å². The number of nitrogens with two attached hydrogens (primary N) is 1. The summed E-state index contributed by atoms with van der Waals surface area (Å²) in [6, 6.07) is 27.2. The monoisotopic (exact) mass is 451 g/mol. The number of pyridine rings is 1. The Labute approximate surface area is 200 Å². The maximum Gasteiger partial charge on any atom is 0.164 e. The molecule has 1 aromatic heterocycles. The maximum absolute atomic E-state index is 5.82. The molecule has 3 aromatic carbocycles. The Bertz CT molecular complexity index is 1280. The third-order valence-electron chi connectivity index (χ3n) is 6.46. The molecule has 0 unspecified atom stereocenters. The van der Waals surface area contributed by atoms with Crippen LogP contribution in [0, 0.1) is 0 Å². The van der Waals surface area contributed by atoms with E-state index in [0.717, 1.165) is 48.8 Å². The lowest BCUT2D eigenvalue weighted by atomic mass is 9.97. The van der Waals surface area contributed by atoms with Gasteiger partial charge < -0.3 is 15.2 Å². The van der Waals surface area contributed by atoms with Crippen molar-refractivity contribution < 1.29 is 9.47 Å². The van der Waals surface area contributed by atoms with Crippen molar-refractivity contribution in [1.82, 2.24) is 9.88 Å². The second-order valence-corrected chi connectivity index (χ2v) is 8.62. The number of nitrogen functional groups attached to an aromatic ring is 1. The van der Waals surface area contributed by atoms with E-state index in [0.29, 0.717) is 5.82 Å². The molecule has 4 aromatic rings. The minimum atomic E-state index is 0.535. The summed E-state index contributed by atoms with van der Waals surface area (Å²) in [6.45, 7) is 2.84. The molecular formula is C29H29N3O2. The summed E-state index contributed by atoms with van der Waals surface area (Å²) in [7, 11) is 3.40. The molecule has 0 saturated heterocycles. The Morgan fingerprint density at radius 3 is 2.21 bits per heavy atom. The van der Waals surface area contributed by atoms with Crippen molar-refractivity contribution >= 4 is 5.82 Å². The standard InChI is InChI=1S/C29H29N3O2/c1-33-27-15-14-24-19-32(17-16-25(24)29(27)34-2)18-20-6-8-21(9-7-20)22-10-12-23(13-11-22)26-4-3-5-28(30)31-26/h3-15H,16-19H2,1-2H3,(H2,30,31). The van der Waals surface area contributed by atoms with Crippen LogP contribution < -0.4 is 15.2 Å². The molecule has 0 fully saturated rings. The smallest absolute Gasteiger partial charge is 0.164 e. The Hall–Kier alpha value is -3.83. The molecule has 0 bridgehead atoms. The molecule has 0 radical (unpaired) electrons. The van der Waals surface area contributed by atoms with E-state index in [9.17, 15) is 0 Å². The second-order valence-electron chi connectivity index (χ2n) is 8.62. The highest BCUT2D eigenvalue weighted by Gasteiger charge is 2.22. The van der Waals surface area contributed by atoms with Crippen molar-refractivity contribution in [2.75, 3.05) is 26.5 Å². The maximum atomic E-state index is 5.82. The third kappa shape index (κ3) is 4.47. The number of ether oxygens (including phenoxy) is 2. The lowest BCUT2D eigenvalue weighted by molar-refractivity contribution is 0.241. The summed E-state index contributed by atoms with van der Waals surface area (Å²) in [5.41, 5.74) is 14.1. The Balaban J connectivity index is 1.26. The second kappa shape index (κ2) is 9.57. The lowest BCUT2D eigenvalue weighted by Gasteiger charge is -2.30. The molecule has 0 amide bonds. The fourth-order valence-electron chi connectivity index (χ4n) is 4.69. The zero-order chi connectivity index (χ0) is 23.5. The van der Waals surface area contributed by atoms with E-state index in [1.54, 1.807) is 20.3 Å². The van der Waals surface area contributed by atoms with Crippen molar-refractivity contribution in [3.05, 3.63) is 95.6 Å². The van der Waals surface area contributed by atoms with Crippen LogP contribution in [-0.4, -0.2) is 30.6 Å². The molecule has 2 heterocycles. The van der Waals surface area contributed by atoms with Crippen molar-refractivity contribution in [2.24, 2.45) is 0 Å². The molecule has 0 aliphatic carbocycles. The van der Waals surface area contributed by atoms with Gasteiger partial charge in [-0.05, 0) is 46.9 Å². The van der Waals surface area contributed by atoms with Gasteiger partial charge in [-0.25, -0.2) is 4.98 Å². The summed E-state index contributed by atoms with van der Waals surface area (Å²) >= 11 is 0. The number of aromatic nitrogens is 1. The van der Waals surface area contributed by atoms with Crippen LogP contribution in [-0.2, 0) is 19.5 Å². The van der Waals surface area contributed by atoms with Gasteiger partial charge in [0.2, 0.25) is 0 Å². The van der Waals surface area contributed by atoms with Crippen molar-refractivity contribution in [3.8, 4) is 33.9 Å². The van der Waals surface area contributed by atoms with Gasteiger partial charge in [-0.15, -0.1) is 0 Å². The molecule has 5 heteroatoms. The first-order valence-corrected chi connectivity index (χ1v) is 11.5. The fourth-order valence-corrected chi connectivity index (χ4v) is 4.69. The van der Waals surface area contributed by atoms with Crippen molar-refractivity contribution in [2.45, 2.75) is 19.5 Å². The minimum absolute atomic E-state index is 0.535. The molecule has 172 valence electrons. The summed E-state index contributed by atoms with van der Waals surface area (Å²) in [5, 5.41) is 0. The average Bonchev–Trinajstić information content (AvgIpc) is 2.88. The van der Waals surface area contributed by atoms with Crippen LogP contribution >= 0.6 is 0 Å². The summed E-state index contributed by atoms with van der Waals surface area (Å²) < 4.78 is 11.1. The number of methoxy groups -OCH3 is 2. The normalized spacial score (nSPS) is 13.4. The molecule has 2 N–H and O–H groups in total. The molecule has 34 heavy (non-hydrogen) atoms. The van der Waals surface area contributed by atoms with E-state index < -0.39 is 0 Å². The molecule has 0 saturated carbocycles. The van der Waals surface area contributed by atoms with Crippen LogP contribution in [0.4, 0.5) is 5.82 Å². The van der Waals surface area contributed by atoms with Gasteiger partial charge >= 0.3 is 0 Å². The SMILES string of the molecule is COc1ccc2c(c1OC)CCN(Cc1ccc(-c3ccc(-c4cccc(N)n4)cc3)cc1)C2. The molecule has 1 aliphatic heterocycles. The summed E-state index contributed by atoms with van der Waals surface area (Å²) in [4.78, 5) is 6.89. The van der Waals surface area contributed by atoms with Gasteiger partial charge in [0, 0.05) is 30.8 Å². The number of rotatable bonds is 6. The first kappa shape index (κ1) is 22.0. The molecule has 5 rings (SSSR count). The van der Waals surface area contributed by atoms with E-state index in [1.165, 1.54) is 27.8 Å². The summed E-state index contributed by atoms with van der Waals surface area (Å²) in [5.74, 6) is 2.22. The van der Waals surface area contributed by atoms with Crippen molar-refractivity contribution in [1.29, 1.82) is 0 Å². The highest BCUT2D eigenvalue weighted by atomic mass is 16.5. The minimum Gasteiger partial charge on any atom is -0.493 e. The van der Waals surface area contributed by atoms with Gasteiger partial charge in [-0.2, -0.15) is 0 Å². The van der Waals surface area contributed by atoms with E-state index in [1.807, 2.05) is 18.2 Å². The number of hydrogen-bond acceptors (Lipinski definition) is 5. The largest absolute Gasteiger partial charge is 0.493 e. The van der Waals surface area contributed by atoms with Crippen LogP contribution in [0.1, 0.15) is 16.7 Å². The fraction of sp³-hybridized carbons (Fsp3) is 0.207. The molecule has 5 nitrogen and oxygen atoms in total. The van der Waals surface area contributed by atoms with Crippen LogP contribution in [0.2, 0.25) is 0 Å². The van der Waals surface area contributed by atoms with E-state index in [2.05, 4.69) is 64.5 Å². The van der Waals surface area contributed by atoms with Crippen LogP contribution in [0.15, 0.2) is 78.9 Å². The van der Waals surface area contributed by atoms with Gasteiger partial charge in [0.25, 0.3) is 0 Å². The molecular weight excluding hydrogens is 422 g/mol. The zero-order valence-corrected chi connectivity index (χ0v) is 19.6. The van der Waals surface area contributed by atoms with Crippen LogP contribution in [0.5, 0.6) is 11.5 Å². The first-order chi connectivity index (χ1) is 16.6. The average molecular weight is 452 g/mol. The predicted molar refractivity (Wildman–Crippen MR) is 137 cm³/mol. The van der Waals surface area contributed by atoms with Gasteiger partial charge in [0.1, 0.15) is 5.82 Å². The lowest BCUT2D eigenvalue weighted by Crippen LogP contribution is -2.30. The number of nitrogens with zero attached hydrogens (tertiary/aromatic N) is 2. The third-order valence-corrected chi connectivity index (χ3v) is 6.46. The molecule has 1 aliphatic rings. The van der Waals surface area contributed by atoms with Crippen molar-refractivity contribution in [3.63, 3.8) is 0 Å². The van der Waals surface area contributed by atoms with E-state index in [-0.39, 0.29) is 0 Å². The Morgan fingerprint density at radius 1 is 0.824 bits per heavy atom. The van der Waals surface area contributed by atoms with Gasteiger partial charge in [-0.3, -0.25) is 4.90 Å².